The molecule has 0 saturated carbocycles. The van der Waals surface area contributed by atoms with Crippen molar-refractivity contribution in [2.24, 2.45) is 0 Å². The van der Waals surface area contributed by atoms with Crippen LogP contribution in [0.4, 0.5) is 34.6 Å². The number of anilines is 3. The summed E-state index contributed by atoms with van der Waals surface area (Å²) < 4.78 is 52.6. The molecular weight excluding hydrogens is 292 g/mol. The first-order valence-electron chi connectivity index (χ1n) is 5.53. The van der Waals surface area contributed by atoms with E-state index in [0.29, 0.717) is 12.1 Å². The van der Waals surface area contributed by atoms with E-state index < -0.39 is 29.2 Å². The van der Waals surface area contributed by atoms with Crippen LogP contribution in [0.25, 0.3) is 0 Å². The number of carbonyl (C=O) groups is 1. The van der Waals surface area contributed by atoms with Crippen molar-refractivity contribution in [3.05, 3.63) is 53.1 Å². The maximum absolute atomic E-state index is 13.7. The van der Waals surface area contributed by atoms with Crippen molar-refractivity contribution in [1.82, 2.24) is 0 Å². The summed E-state index contributed by atoms with van der Waals surface area (Å²) in [6.07, 6.45) is 0. The third-order valence-electron chi connectivity index (χ3n) is 2.63. The maximum atomic E-state index is 13.7. The monoisotopic (exact) mass is 300 g/mol. The SMILES string of the molecule is Nc1cc(F)c(Nc2cc(F)c(F)c(F)c2)cc1C(=O)O. The summed E-state index contributed by atoms with van der Waals surface area (Å²) in [5.41, 5.74) is 3.99. The summed E-state index contributed by atoms with van der Waals surface area (Å²) >= 11 is 0. The summed E-state index contributed by atoms with van der Waals surface area (Å²) in [5, 5.41) is 11.1. The van der Waals surface area contributed by atoms with E-state index in [0.717, 1.165) is 12.1 Å². The Morgan fingerprint density at radius 1 is 1.00 bits per heavy atom. The first kappa shape index (κ1) is 14.6. The lowest BCUT2D eigenvalue weighted by Gasteiger charge is -2.11. The average molecular weight is 300 g/mol. The molecule has 0 aliphatic rings. The molecule has 2 aromatic rings. The molecule has 8 heteroatoms. The average Bonchev–Trinajstić information content (AvgIpc) is 2.38. The number of nitrogen functional groups attached to an aromatic ring is 1. The largest absolute Gasteiger partial charge is 0.478 e. The molecule has 0 aliphatic carbocycles. The number of rotatable bonds is 3. The van der Waals surface area contributed by atoms with Gasteiger partial charge in [0, 0.05) is 23.5 Å². The van der Waals surface area contributed by atoms with E-state index >= 15 is 0 Å². The Kier molecular flexibility index (Phi) is 3.70. The third-order valence-corrected chi connectivity index (χ3v) is 2.63. The molecule has 0 fully saturated rings. The van der Waals surface area contributed by atoms with E-state index in [9.17, 15) is 22.4 Å². The van der Waals surface area contributed by atoms with Gasteiger partial charge < -0.3 is 16.2 Å². The first-order valence-corrected chi connectivity index (χ1v) is 5.53. The van der Waals surface area contributed by atoms with Crippen molar-refractivity contribution >= 4 is 23.0 Å². The smallest absolute Gasteiger partial charge is 0.337 e. The van der Waals surface area contributed by atoms with Gasteiger partial charge in [0.15, 0.2) is 17.5 Å². The zero-order valence-electron chi connectivity index (χ0n) is 10.3. The van der Waals surface area contributed by atoms with Crippen molar-refractivity contribution < 1.29 is 27.5 Å². The number of carboxylic acid groups (broad SMARTS) is 1. The molecule has 2 aromatic carbocycles. The Hall–Kier alpha value is -2.77. The van der Waals surface area contributed by atoms with Crippen molar-refractivity contribution in [3.8, 4) is 0 Å². The predicted octanol–water partition coefficient (Wildman–Crippen LogP) is 3.27. The zero-order valence-corrected chi connectivity index (χ0v) is 10.3. The van der Waals surface area contributed by atoms with E-state index in [-0.39, 0.29) is 22.6 Å². The Morgan fingerprint density at radius 3 is 2.10 bits per heavy atom. The fourth-order valence-electron chi connectivity index (χ4n) is 1.65. The molecule has 0 aliphatic heterocycles. The molecule has 4 N–H and O–H groups in total. The van der Waals surface area contributed by atoms with Crippen LogP contribution in [-0.2, 0) is 0 Å². The second kappa shape index (κ2) is 5.31. The molecule has 0 spiro atoms. The lowest BCUT2D eigenvalue weighted by atomic mass is 10.1. The van der Waals surface area contributed by atoms with E-state index in [1.807, 2.05) is 0 Å². The van der Waals surface area contributed by atoms with E-state index in [1.54, 1.807) is 0 Å². The van der Waals surface area contributed by atoms with Gasteiger partial charge in [0.05, 0.1) is 11.3 Å². The summed E-state index contributed by atoms with van der Waals surface area (Å²) in [4.78, 5) is 10.9. The highest BCUT2D eigenvalue weighted by atomic mass is 19.2. The van der Waals surface area contributed by atoms with Gasteiger partial charge in [-0.3, -0.25) is 0 Å². The normalized spacial score (nSPS) is 10.5. The van der Waals surface area contributed by atoms with Crippen LogP contribution in [0.15, 0.2) is 24.3 Å². The standard InChI is InChI=1S/C13H8F4N2O2/c14-7-4-10(18)6(13(20)21)3-11(7)19-5-1-8(15)12(17)9(16)2-5/h1-4,19H,18H2,(H,20,21). The van der Waals surface area contributed by atoms with Gasteiger partial charge >= 0.3 is 5.97 Å². The Morgan fingerprint density at radius 2 is 1.57 bits per heavy atom. The van der Waals surface area contributed by atoms with Gasteiger partial charge in [-0.15, -0.1) is 0 Å². The van der Waals surface area contributed by atoms with E-state index in [4.69, 9.17) is 10.8 Å². The molecule has 110 valence electrons. The van der Waals surface area contributed by atoms with Crippen LogP contribution in [0.5, 0.6) is 0 Å². The molecule has 0 unspecified atom stereocenters. The number of aromatic carboxylic acids is 1. The molecule has 21 heavy (non-hydrogen) atoms. The van der Waals surface area contributed by atoms with E-state index in [2.05, 4.69) is 5.32 Å². The lowest BCUT2D eigenvalue weighted by Crippen LogP contribution is -2.06. The van der Waals surface area contributed by atoms with Gasteiger partial charge in [-0.2, -0.15) is 0 Å². The third kappa shape index (κ3) is 2.88. The number of hydrogen-bond donors (Lipinski definition) is 3. The molecule has 0 bridgehead atoms. The predicted molar refractivity (Wildman–Crippen MR) is 67.4 cm³/mol. The number of carboxylic acids is 1. The summed E-state index contributed by atoms with van der Waals surface area (Å²) in [7, 11) is 0. The van der Waals surface area contributed by atoms with Crippen LogP contribution in [0.2, 0.25) is 0 Å². The second-order valence-electron chi connectivity index (χ2n) is 4.10. The number of halogens is 4. The summed E-state index contributed by atoms with van der Waals surface area (Å²) in [6, 6.07) is 2.83. The topological polar surface area (TPSA) is 75.3 Å². The Balaban J connectivity index is 2.44. The van der Waals surface area contributed by atoms with Crippen molar-refractivity contribution in [2.75, 3.05) is 11.1 Å². The minimum atomic E-state index is -1.66. The van der Waals surface area contributed by atoms with Crippen molar-refractivity contribution in [2.45, 2.75) is 0 Å². The van der Waals surface area contributed by atoms with Gasteiger partial charge in [0.1, 0.15) is 5.82 Å². The van der Waals surface area contributed by atoms with Crippen LogP contribution in [0.1, 0.15) is 10.4 Å². The first-order chi connectivity index (χ1) is 9.79. The van der Waals surface area contributed by atoms with Crippen LogP contribution >= 0.6 is 0 Å². The molecule has 0 radical (unpaired) electrons. The van der Waals surface area contributed by atoms with E-state index in [1.165, 1.54) is 0 Å². The molecule has 4 nitrogen and oxygen atoms in total. The Bertz CT molecular complexity index is 711. The molecular formula is C13H8F4N2O2. The van der Waals surface area contributed by atoms with Gasteiger partial charge in [-0.1, -0.05) is 0 Å². The molecule has 2 rings (SSSR count). The van der Waals surface area contributed by atoms with Gasteiger partial charge in [0.25, 0.3) is 0 Å². The molecule has 0 atom stereocenters. The minimum Gasteiger partial charge on any atom is -0.478 e. The highest BCUT2D eigenvalue weighted by Gasteiger charge is 2.15. The van der Waals surface area contributed by atoms with Crippen LogP contribution in [0, 0.1) is 23.3 Å². The van der Waals surface area contributed by atoms with Crippen LogP contribution in [0.3, 0.4) is 0 Å². The van der Waals surface area contributed by atoms with Gasteiger partial charge in [-0.25, -0.2) is 22.4 Å². The second-order valence-corrected chi connectivity index (χ2v) is 4.10. The number of nitrogens with one attached hydrogen (secondary N) is 1. The van der Waals surface area contributed by atoms with Gasteiger partial charge in [0.2, 0.25) is 0 Å². The van der Waals surface area contributed by atoms with Crippen molar-refractivity contribution in [3.63, 3.8) is 0 Å². The fourth-order valence-corrected chi connectivity index (χ4v) is 1.65. The van der Waals surface area contributed by atoms with Crippen molar-refractivity contribution in [1.29, 1.82) is 0 Å². The minimum absolute atomic E-state index is 0.286. The highest BCUT2D eigenvalue weighted by molar-refractivity contribution is 5.95. The van der Waals surface area contributed by atoms with Gasteiger partial charge in [-0.05, 0) is 12.1 Å². The fraction of sp³-hybridized carbons (Fsp3) is 0. The van der Waals surface area contributed by atoms with Crippen LogP contribution < -0.4 is 11.1 Å². The summed E-state index contributed by atoms with van der Waals surface area (Å²) in [5.74, 6) is -6.92. The number of hydrogen-bond acceptors (Lipinski definition) is 3. The molecule has 0 heterocycles. The lowest BCUT2D eigenvalue weighted by molar-refractivity contribution is 0.0698. The molecule has 0 amide bonds. The number of nitrogens with two attached hydrogens (primary N) is 1. The number of benzene rings is 2. The highest BCUT2D eigenvalue weighted by Crippen LogP contribution is 2.27. The quantitative estimate of drug-likeness (QED) is 0.462. The zero-order chi connectivity index (χ0) is 15.7. The van der Waals surface area contributed by atoms with Crippen LogP contribution in [-0.4, -0.2) is 11.1 Å². The Labute approximate surface area is 115 Å². The molecule has 0 saturated heterocycles. The molecule has 0 aromatic heterocycles. The summed E-state index contributed by atoms with van der Waals surface area (Å²) in [6.45, 7) is 0. The maximum Gasteiger partial charge on any atom is 0.337 e.